The van der Waals surface area contributed by atoms with E-state index in [1.165, 1.54) is 26.7 Å². The van der Waals surface area contributed by atoms with Crippen molar-refractivity contribution in [2.75, 3.05) is 20.8 Å². The lowest BCUT2D eigenvalue weighted by Crippen LogP contribution is -2.28. The van der Waals surface area contributed by atoms with Crippen molar-refractivity contribution < 1.29 is 23.8 Å². The van der Waals surface area contributed by atoms with Crippen molar-refractivity contribution in [3.63, 3.8) is 0 Å². The quantitative estimate of drug-likeness (QED) is 0.847. The number of nitrogens with one attached hydrogen (secondary N) is 1. The highest BCUT2D eigenvalue weighted by Gasteiger charge is 2.13. The molecule has 1 aromatic heterocycles. The van der Waals surface area contributed by atoms with Crippen LogP contribution in [0.25, 0.3) is 0 Å². The van der Waals surface area contributed by atoms with Gasteiger partial charge in [0.25, 0.3) is 5.91 Å². The summed E-state index contributed by atoms with van der Waals surface area (Å²) in [6, 6.07) is 6.52. The third kappa shape index (κ3) is 3.76. The van der Waals surface area contributed by atoms with Crippen LogP contribution in [0.2, 0.25) is 0 Å². The van der Waals surface area contributed by atoms with Crippen molar-refractivity contribution in [1.29, 1.82) is 0 Å². The minimum absolute atomic E-state index is 0.0812. The Morgan fingerprint density at radius 3 is 2.48 bits per heavy atom. The normalized spacial score (nSPS) is 11.8. The smallest absolute Gasteiger partial charge is 0.251 e. The lowest BCUT2D eigenvalue weighted by atomic mass is 10.1. The highest BCUT2D eigenvalue weighted by molar-refractivity contribution is 5.95. The molecule has 0 saturated heterocycles. The summed E-state index contributed by atoms with van der Waals surface area (Å²) in [5, 5.41) is 12.5. The molecule has 6 heteroatoms. The van der Waals surface area contributed by atoms with Crippen LogP contribution in [0.1, 0.15) is 22.0 Å². The maximum atomic E-state index is 12.1. The third-order valence-corrected chi connectivity index (χ3v) is 3.00. The van der Waals surface area contributed by atoms with Gasteiger partial charge in [-0.05, 0) is 18.2 Å². The average Bonchev–Trinajstić information content (AvgIpc) is 3.06. The van der Waals surface area contributed by atoms with Gasteiger partial charge in [-0.2, -0.15) is 0 Å². The molecule has 1 amide bonds. The van der Waals surface area contributed by atoms with Gasteiger partial charge in [-0.15, -0.1) is 0 Å². The number of rotatable bonds is 6. The second-order valence-electron chi connectivity index (χ2n) is 4.38. The predicted molar refractivity (Wildman–Crippen MR) is 75.5 cm³/mol. The van der Waals surface area contributed by atoms with Gasteiger partial charge >= 0.3 is 0 Å². The van der Waals surface area contributed by atoms with Crippen LogP contribution < -0.4 is 14.8 Å². The molecule has 0 bridgehead atoms. The zero-order valence-corrected chi connectivity index (χ0v) is 11.8. The molecule has 0 radical (unpaired) electrons. The molecule has 1 heterocycles. The molecule has 112 valence electrons. The van der Waals surface area contributed by atoms with E-state index >= 15 is 0 Å². The number of benzene rings is 1. The molecule has 2 rings (SSSR count). The van der Waals surface area contributed by atoms with E-state index in [1.807, 2.05) is 0 Å². The summed E-state index contributed by atoms with van der Waals surface area (Å²) in [6.07, 6.45) is 2.08. The van der Waals surface area contributed by atoms with E-state index in [0.29, 0.717) is 22.6 Å². The molecular weight excluding hydrogens is 274 g/mol. The highest BCUT2D eigenvalue weighted by Crippen LogP contribution is 2.22. The molecule has 1 aromatic carbocycles. The largest absolute Gasteiger partial charge is 0.497 e. The number of ether oxygens (including phenoxy) is 2. The summed E-state index contributed by atoms with van der Waals surface area (Å²) in [6.45, 7) is 0.0812. The molecule has 0 aliphatic rings. The van der Waals surface area contributed by atoms with E-state index in [2.05, 4.69) is 5.32 Å². The van der Waals surface area contributed by atoms with Gasteiger partial charge in [-0.25, -0.2) is 0 Å². The van der Waals surface area contributed by atoms with Crippen molar-refractivity contribution >= 4 is 5.91 Å². The van der Waals surface area contributed by atoms with Crippen LogP contribution in [0, 0.1) is 0 Å². The molecule has 2 aromatic rings. The van der Waals surface area contributed by atoms with Gasteiger partial charge in [-0.3, -0.25) is 4.79 Å². The number of methoxy groups -OCH3 is 2. The van der Waals surface area contributed by atoms with Crippen LogP contribution in [-0.4, -0.2) is 31.8 Å². The molecule has 0 spiro atoms. The minimum atomic E-state index is -0.819. The van der Waals surface area contributed by atoms with Crippen LogP contribution in [0.3, 0.4) is 0 Å². The number of furan rings is 1. The van der Waals surface area contributed by atoms with E-state index in [0.717, 1.165) is 0 Å². The third-order valence-electron chi connectivity index (χ3n) is 3.00. The first-order chi connectivity index (χ1) is 10.1. The SMILES string of the molecule is COc1cc(OC)cc(C(=O)NC[C@H](O)c2ccoc2)c1. The fraction of sp³-hybridized carbons (Fsp3) is 0.267. The number of aliphatic hydroxyl groups excluding tert-OH is 1. The Hall–Kier alpha value is -2.47. The van der Waals surface area contributed by atoms with Gasteiger partial charge in [0.2, 0.25) is 0 Å². The first-order valence-corrected chi connectivity index (χ1v) is 6.35. The second-order valence-corrected chi connectivity index (χ2v) is 4.38. The summed E-state index contributed by atoms with van der Waals surface area (Å²) in [4.78, 5) is 12.1. The number of carbonyl (C=O) groups excluding carboxylic acids is 1. The van der Waals surface area contributed by atoms with Crippen LogP contribution >= 0.6 is 0 Å². The molecule has 1 atom stereocenters. The van der Waals surface area contributed by atoms with Crippen LogP contribution in [0.5, 0.6) is 11.5 Å². The van der Waals surface area contributed by atoms with Crippen molar-refractivity contribution in [3.05, 3.63) is 47.9 Å². The molecule has 0 aliphatic carbocycles. The van der Waals surface area contributed by atoms with Crippen molar-refractivity contribution in [1.82, 2.24) is 5.32 Å². The van der Waals surface area contributed by atoms with Gasteiger partial charge in [-0.1, -0.05) is 0 Å². The number of hydrogen-bond acceptors (Lipinski definition) is 5. The van der Waals surface area contributed by atoms with Crippen molar-refractivity contribution in [2.45, 2.75) is 6.10 Å². The molecule has 0 aliphatic heterocycles. The van der Waals surface area contributed by atoms with E-state index in [4.69, 9.17) is 13.9 Å². The Morgan fingerprint density at radius 2 is 1.95 bits per heavy atom. The molecule has 21 heavy (non-hydrogen) atoms. The Morgan fingerprint density at radius 1 is 1.29 bits per heavy atom. The fourth-order valence-electron chi connectivity index (χ4n) is 1.81. The Bertz CT molecular complexity index is 572. The van der Waals surface area contributed by atoms with E-state index < -0.39 is 6.10 Å². The Balaban J connectivity index is 2.03. The minimum Gasteiger partial charge on any atom is -0.497 e. The highest BCUT2D eigenvalue weighted by atomic mass is 16.5. The second kappa shape index (κ2) is 6.81. The first kappa shape index (κ1) is 14.9. The molecule has 2 N–H and O–H groups in total. The van der Waals surface area contributed by atoms with Gasteiger partial charge in [0.15, 0.2) is 0 Å². The number of aliphatic hydroxyl groups is 1. The lowest BCUT2D eigenvalue weighted by molar-refractivity contribution is 0.0915. The zero-order valence-electron chi connectivity index (χ0n) is 11.8. The van der Waals surface area contributed by atoms with Crippen LogP contribution in [0.15, 0.2) is 41.2 Å². The molecule has 0 unspecified atom stereocenters. The summed E-state index contributed by atoms with van der Waals surface area (Å²) < 4.78 is 15.1. The Labute approximate surface area is 122 Å². The van der Waals surface area contributed by atoms with Crippen molar-refractivity contribution in [3.8, 4) is 11.5 Å². The Kier molecular flexibility index (Phi) is 4.84. The summed E-state index contributed by atoms with van der Waals surface area (Å²) >= 11 is 0. The summed E-state index contributed by atoms with van der Waals surface area (Å²) in [5.74, 6) is 0.722. The zero-order chi connectivity index (χ0) is 15.2. The standard InChI is InChI=1S/C15H17NO5/c1-19-12-5-11(6-13(7-12)20-2)15(18)16-8-14(17)10-3-4-21-9-10/h3-7,9,14,17H,8H2,1-2H3,(H,16,18)/t14-/m0/s1. The average molecular weight is 291 g/mol. The topological polar surface area (TPSA) is 80.9 Å². The molecule has 6 nitrogen and oxygen atoms in total. The monoisotopic (exact) mass is 291 g/mol. The molecular formula is C15H17NO5. The fourth-order valence-corrected chi connectivity index (χ4v) is 1.81. The first-order valence-electron chi connectivity index (χ1n) is 6.35. The number of hydrogen-bond donors (Lipinski definition) is 2. The van der Waals surface area contributed by atoms with E-state index in [1.54, 1.807) is 24.3 Å². The van der Waals surface area contributed by atoms with Gasteiger partial charge < -0.3 is 24.3 Å². The van der Waals surface area contributed by atoms with E-state index in [9.17, 15) is 9.90 Å². The van der Waals surface area contributed by atoms with Crippen LogP contribution in [-0.2, 0) is 0 Å². The maximum Gasteiger partial charge on any atom is 0.251 e. The maximum absolute atomic E-state index is 12.1. The van der Waals surface area contributed by atoms with Gasteiger partial charge in [0.1, 0.15) is 11.5 Å². The van der Waals surface area contributed by atoms with E-state index in [-0.39, 0.29) is 12.5 Å². The van der Waals surface area contributed by atoms with Crippen molar-refractivity contribution in [2.24, 2.45) is 0 Å². The van der Waals surface area contributed by atoms with Gasteiger partial charge in [0, 0.05) is 23.7 Å². The summed E-state index contributed by atoms with van der Waals surface area (Å²) in [7, 11) is 3.03. The van der Waals surface area contributed by atoms with Crippen LogP contribution in [0.4, 0.5) is 0 Å². The number of amides is 1. The molecule has 0 saturated carbocycles. The predicted octanol–water partition coefficient (Wildman–Crippen LogP) is 1.76. The lowest BCUT2D eigenvalue weighted by Gasteiger charge is -2.11. The number of carbonyl (C=O) groups is 1. The molecule has 0 fully saturated rings. The summed E-state index contributed by atoms with van der Waals surface area (Å²) in [5.41, 5.74) is 1.00. The van der Waals surface area contributed by atoms with Gasteiger partial charge in [0.05, 0.1) is 32.8 Å².